The molecule has 0 aromatic heterocycles. The van der Waals surface area contributed by atoms with Crippen LogP contribution in [0.15, 0.2) is 0 Å². The van der Waals surface area contributed by atoms with Gasteiger partial charge in [0, 0.05) is 5.92 Å². The molecule has 0 saturated heterocycles. The van der Waals surface area contributed by atoms with Crippen LogP contribution in [0, 0.1) is 5.92 Å². The van der Waals surface area contributed by atoms with E-state index >= 15 is 0 Å². The van der Waals surface area contributed by atoms with E-state index in [4.69, 9.17) is 18.0 Å². The maximum atomic E-state index is 11.6. The highest BCUT2D eigenvalue weighted by Crippen LogP contribution is 2.26. The van der Waals surface area contributed by atoms with Gasteiger partial charge in [0.2, 0.25) is 5.91 Å². The van der Waals surface area contributed by atoms with Crippen LogP contribution in [0.4, 0.5) is 0 Å². The van der Waals surface area contributed by atoms with Gasteiger partial charge >= 0.3 is 0 Å². The summed E-state index contributed by atoms with van der Waals surface area (Å²) in [5, 5.41) is 2.91. The van der Waals surface area contributed by atoms with Crippen LogP contribution in [0.3, 0.4) is 0 Å². The number of rotatable bonds is 5. The second-order valence-electron chi connectivity index (χ2n) is 3.88. The molecule has 1 atom stereocenters. The molecule has 0 aromatic rings. The zero-order valence-corrected chi connectivity index (χ0v) is 9.40. The molecule has 0 radical (unpaired) electrons. The summed E-state index contributed by atoms with van der Waals surface area (Å²) in [7, 11) is 0. The van der Waals surface area contributed by atoms with Crippen LogP contribution in [0.2, 0.25) is 0 Å². The third-order valence-electron chi connectivity index (χ3n) is 2.71. The summed E-state index contributed by atoms with van der Waals surface area (Å²) in [6.45, 7) is 2.06. The van der Waals surface area contributed by atoms with Gasteiger partial charge in [0.05, 0.1) is 11.0 Å². The normalized spacial score (nSPS) is 18.4. The van der Waals surface area contributed by atoms with Gasteiger partial charge in [-0.25, -0.2) is 0 Å². The molecular formula is C10H18N2OS. The largest absolute Gasteiger partial charge is 0.392 e. The van der Waals surface area contributed by atoms with E-state index in [1.807, 2.05) is 0 Å². The summed E-state index contributed by atoms with van der Waals surface area (Å²) in [5.41, 5.74) is 5.55. The molecule has 1 saturated carbocycles. The van der Waals surface area contributed by atoms with Crippen LogP contribution in [0.25, 0.3) is 0 Å². The summed E-state index contributed by atoms with van der Waals surface area (Å²) in [5.74, 6) is 0.339. The molecule has 3 nitrogen and oxygen atoms in total. The Balaban J connectivity index is 2.37. The zero-order chi connectivity index (χ0) is 10.6. The van der Waals surface area contributed by atoms with Crippen molar-refractivity contribution in [2.24, 2.45) is 11.7 Å². The van der Waals surface area contributed by atoms with Gasteiger partial charge in [-0.15, -0.1) is 0 Å². The van der Waals surface area contributed by atoms with Gasteiger partial charge in [-0.2, -0.15) is 0 Å². The number of hydrogen-bond acceptors (Lipinski definition) is 2. The lowest BCUT2D eigenvalue weighted by Crippen LogP contribution is -2.46. The van der Waals surface area contributed by atoms with E-state index in [2.05, 4.69) is 12.2 Å². The molecule has 1 unspecified atom stereocenters. The lowest BCUT2D eigenvalue weighted by molar-refractivity contribution is -0.127. The molecule has 0 aromatic carbocycles. The third kappa shape index (κ3) is 2.94. The number of thiocarbonyl (C=S) groups is 1. The lowest BCUT2D eigenvalue weighted by Gasteiger charge is -2.26. The van der Waals surface area contributed by atoms with E-state index in [0.29, 0.717) is 4.99 Å². The Hall–Kier alpha value is -0.640. The molecule has 0 heterocycles. The average molecular weight is 214 g/mol. The van der Waals surface area contributed by atoms with E-state index < -0.39 is 0 Å². The average Bonchev–Trinajstić information content (AvgIpc) is 1.99. The first-order chi connectivity index (χ1) is 6.65. The highest BCUT2D eigenvalue weighted by molar-refractivity contribution is 7.80. The van der Waals surface area contributed by atoms with E-state index in [0.717, 1.165) is 25.7 Å². The zero-order valence-electron chi connectivity index (χ0n) is 8.58. The minimum Gasteiger partial charge on any atom is -0.392 e. The Morgan fingerprint density at radius 3 is 2.64 bits per heavy atom. The fourth-order valence-corrected chi connectivity index (χ4v) is 1.71. The van der Waals surface area contributed by atoms with E-state index in [9.17, 15) is 4.79 Å². The summed E-state index contributed by atoms with van der Waals surface area (Å²) >= 11 is 4.90. The molecule has 1 amide bonds. The Bertz CT molecular complexity index is 226. The topological polar surface area (TPSA) is 55.1 Å². The Kier molecular flexibility index (Phi) is 4.32. The van der Waals surface area contributed by atoms with Gasteiger partial charge < -0.3 is 11.1 Å². The summed E-state index contributed by atoms with van der Waals surface area (Å²) in [6.07, 6.45) is 5.02. The van der Waals surface area contributed by atoms with Gasteiger partial charge in [-0.3, -0.25) is 4.79 Å². The van der Waals surface area contributed by atoms with Crippen molar-refractivity contribution < 1.29 is 4.79 Å². The maximum absolute atomic E-state index is 11.6. The molecule has 1 fully saturated rings. The first-order valence-corrected chi connectivity index (χ1v) is 5.65. The molecule has 80 valence electrons. The van der Waals surface area contributed by atoms with Crippen molar-refractivity contribution in [3.05, 3.63) is 0 Å². The van der Waals surface area contributed by atoms with Crippen LogP contribution in [0.1, 0.15) is 39.0 Å². The van der Waals surface area contributed by atoms with Gasteiger partial charge in [-0.1, -0.05) is 32.0 Å². The van der Waals surface area contributed by atoms with E-state index in [1.165, 1.54) is 6.42 Å². The fraction of sp³-hybridized carbons (Fsp3) is 0.800. The first-order valence-electron chi connectivity index (χ1n) is 5.24. The molecular weight excluding hydrogens is 196 g/mol. The SMILES string of the molecule is CCCC(NC(=O)C1CCC1)C(N)=S. The molecule has 0 aliphatic heterocycles. The molecule has 0 bridgehead atoms. The van der Waals surface area contributed by atoms with E-state index in [-0.39, 0.29) is 17.9 Å². The number of amides is 1. The number of hydrogen-bond donors (Lipinski definition) is 2. The molecule has 1 aliphatic carbocycles. The smallest absolute Gasteiger partial charge is 0.223 e. The molecule has 1 aliphatic rings. The predicted molar refractivity (Wildman–Crippen MR) is 61.0 cm³/mol. The highest BCUT2D eigenvalue weighted by atomic mass is 32.1. The van der Waals surface area contributed by atoms with Crippen LogP contribution >= 0.6 is 12.2 Å². The van der Waals surface area contributed by atoms with Crippen molar-refractivity contribution in [1.82, 2.24) is 5.32 Å². The van der Waals surface area contributed by atoms with Gasteiger partial charge in [0.25, 0.3) is 0 Å². The van der Waals surface area contributed by atoms with Crippen molar-refractivity contribution in [1.29, 1.82) is 0 Å². The third-order valence-corrected chi connectivity index (χ3v) is 3.00. The summed E-state index contributed by atoms with van der Waals surface area (Å²) in [4.78, 5) is 12.0. The second kappa shape index (κ2) is 5.29. The number of nitrogens with one attached hydrogen (secondary N) is 1. The van der Waals surface area contributed by atoms with Crippen molar-refractivity contribution in [3.8, 4) is 0 Å². The van der Waals surface area contributed by atoms with Crippen molar-refractivity contribution in [2.45, 2.75) is 45.1 Å². The first kappa shape index (κ1) is 11.4. The van der Waals surface area contributed by atoms with Crippen LogP contribution < -0.4 is 11.1 Å². The number of carbonyl (C=O) groups is 1. The minimum absolute atomic E-state index is 0.108. The van der Waals surface area contributed by atoms with Crippen molar-refractivity contribution in [3.63, 3.8) is 0 Å². The summed E-state index contributed by atoms with van der Waals surface area (Å²) < 4.78 is 0. The van der Waals surface area contributed by atoms with Gasteiger partial charge in [0.15, 0.2) is 0 Å². The Morgan fingerprint density at radius 1 is 1.64 bits per heavy atom. The number of carbonyl (C=O) groups excluding carboxylic acids is 1. The van der Waals surface area contributed by atoms with Crippen molar-refractivity contribution >= 4 is 23.1 Å². The van der Waals surface area contributed by atoms with Crippen LogP contribution in [0.5, 0.6) is 0 Å². The predicted octanol–water partition coefficient (Wildman–Crippen LogP) is 1.36. The summed E-state index contributed by atoms with van der Waals surface area (Å²) in [6, 6.07) is -0.108. The number of nitrogens with two attached hydrogens (primary N) is 1. The molecule has 3 N–H and O–H groups in total. The van der Waals surface area contributed by atoms with Gasteiger partial charge in [-0.05, 0) is 19.3 Å². The highest BCUT2D eigenvalue weighted by Gasteiger charge is 2.27. The minimum atomic E-state index is -0.108. The Morgan fingerprint density at radius 2 is 2.29 bits per heavy atom. The van der Waals surface area contributed by atoms with Crippen molar-refractivity contribution in [2.75, 3.05) is 0 Å². The Labute approximate surface area is 90.4 Å². The van der Waals surface area contributed by atoms with Crippen LogP contribution in [-0.2, 0) is 4.79 Å². The maximum Gasteiger partial charge on any atom is 0.223 e. The lowest BCUT2D eigenvalue weighted by atomic mass is 9.84. The van der Waals surface area contributed by atoms with Crippen LogP contribution in [-0.4, -0.2) is 16.9 Å². The monoisotopic (exact) mass is 214 g/mol. The van der Waals surface area contributed by atoms with E-state index in [1.54, 1.807) is 0 Å². The second-order valence-corrected chi connectivity index (χ2v) is 4.35. The fourth-order valence-electron chi connectivity index (χ4n) is 1.53. The molecule has 1 rings (SSSR count). The standard InChI is InChI=1S/C10H18N2OS/c1-2-4-8(9(11)14)12-10(13)7-5-3-6-7/h7-8H,2-6H2,1H3,(H2,11,14)(H,12,13). The van der Waals surface area contributed by atoms with Gasteiger partial charge in [0.1, 0.15) is 0 Å². The quantitative estimate of drug-likeness (QED) is 0.679. The molecule has 4 heteroatoms. The molecule has 14 heavy (non-hydrogen) atoms. The molecule has 0 spiro atoms.